The lowest BCUT2D eigenvalue weighted by atomic mass is 10.1. The van der Waals surface area contributed by atoms with Crippen LogP contribution in [-0.2, 0) is 6.18 Å². The number of hydrogen-bond acceptors (Lipinski definition) is 2. The van der Waals surface area contributed by atoms with Gasteiger partial charge in [-0.3, -0.25) is 4.40 Å². The molecule has 0 atom stereocenters. The third-order valence-electron chi connectivity index (χ3n) is 2.57. The molecule has 0 bridgehead atoms. The maximum absolute atomic E-state index is 12.5. The number of imidazole rings is 1. The van der Waals surface area contributed by atoms with Gasteiger partial charge in [-0.2, -0.15) is 13.2 Å². The minimum atomic E-state index is -4.36. The van der Waals surface area contributed by atoms with Crippen LogP contribution < -0.4 is 5.73 Å². The molecule has 0 saturated carbocycles. The normalized spacial score (nSPS) is 12.6. The summed E-state index contributed by atoms with van der Waals surface area (Å²) in [5.74, 6) is 0.466. The van der Waals surface area contributed by atoms with E-state index in [1.165, 1.54) is 10.6 Å². The molecule has 0 aliphatic rings. The van der Waals surface area contributed by atoms with Crippen molar-refractivity contribution < 1.29 is 13.2 Å². The Hall–Kier alpha value is -1.72. The van der Waals surface area contributed by atoms with Crippen molar-refractivity contribution >= 4 is 11.5 Å². The number of anilines is 1. The molecule has 0 unspecified atom stereocenters. The molecule has 2 rings (SSSR count). The van der Waals surface area contributed by atoms with Crippen LogP contribution >= 0.6 is 0 Å². The molecule has 0 aromatic carbocycles. The number of nitrogens with two attached hydrogens (primary N) is 1. The molecule has 3 nitrogen and oxygen atoms in total. The molecule has 2 aromatic rings. The van der Waals surface area contributed by atoms with Gasteiger partial charge in [0.05, 0.1) is 11.3 Å². The van der Waals surface area contributed by atoms with Crippen LogP contribution in [0.25, 0.3) is 5.65 Å². The van der Waals surface area contributed by atoms with Crippen LogP contribution in [0.5, 0.6) is 0 Å². The quantitative estimate of drug-likeness (QED) is 0.836. The third-order valence-corrected chi connectivity index (χ3v) is 2.57. The number of aromatic nitrogens is 2. The van der Waals surface area contributed by atoms with Crippen LogP contribution in [0.1, 0.15) is 31.0 Å². The van der Waals surface area contributed by atoms with Gasteiger partial charge in [0.25, 0.3) is 0 Å². The molecule has 0 aliphatic heterocycles. The first-order chi connectivity index (χ1) is 7.80. The minimum Gasteiger partial charge on any atom is -0.383 e. The van der Waals surface area contributed by atoms with Crippen molar-refractivity contribution in [3.63, 3.8) is 0 Å². The van der Waals surface area contributed by atoms with E-state index in [2.05, 4.69) is 4.98 Å². The van der Waals surface area contributed by atoms with E-state index in [0.29, 0.717) is 11.5 Å². The summed E-state index contributed by atoms with van der Waals surface area (Å²) in [5, 5.41) is 0. The minimum absolute atomic E-state index is 0.0734. The Kier molecular flexibility index (Phi) is 2.52. The van der Waals surface area contributed by atoms with Crippen molar-refractivity contribution in [3.8, 4) is 0 Å². The second-order valence-electron chi connectivity index (χ2n) is 4.18. The summed E-state index contributed by atoms with van der Waals surface area (Å²) in [6.07, 6.45) is -3.06. The van der Waals surface area contributed by atoms with Gasteiger partial charge in [-0.1, -0.05) is 13.8 Å². The van der Waals surface area contributed by atoms with E-state index in [0.717, 1.165) is 12.1 Å². The fourth-order valence-corrected chi connectivity index (χ4v) is 1.68. The number of halogens is 3. The highest BCUT2D eigenvalue weighted by Gasteiger charge is 2.31. The smallest absolute Gasteiger partial charge is 0.383 e. The van der Waals surface area contributed by atoms with Crippen LogP contribution in [0.3, 0.4) is 0 Å². The Labute approximate surface area is 96.1 Å². The highest BCUT2D eigenvalue weighted by atomic mass is 19.4. The Balaban J connectivity index is 2.64. The van der Waals surface area contributed by atoms with Crippen molar-refractivity contribution in [3.05, 3.63) is 29.6 Å². The number of fused-ring (bicyclic) bond motifs is 1. The van der Waals surface area contributed by atoms with Crippen molar-refractivity contribution in [2.75, 3.05) is 5.73 Å². The molecule has 0 aliphatic carbocycles. The second kappa shape index (κ2) is 3.65. The predicted octanol–water partition coefficient (Wildman–Crippen LogP) is 3.06. The Morgan fingerprint density at radius 2 is 2.00 bits per heavy atom. The monoisotopic (exact) mass is 243 g/mol. The SMILES string of the molecule is CC(C)c1nc2cc(C(F)(F)F)ccn2c1N. The predicted molar refractivity (Wildman–Crippen MR) is 58.7 cm³/mol. The van der Waals surface area contributed by atoms with Gasteiger partial charge >= 0.3 is 6.18 Å². The summed E-state index contributed by atoms with van der Waals surface area (Å²) in [7, 11) is 0. The number of rotatable bonds is 1. The van der Waals surface area contributed by atoms with Crippen LogP contribution in [0.15, 0.2) is 18.3 Å². The Morgan fingerprint density at radius 1 is 1.35 bits per heavy atom. The summed E-state index contributed by atoms with van der Waals surface area (Å²) >= 11 is 0. The molecule has 17 heavy (non-hydrogen) atoms. The van der Waals surface area contributed by atoms with Gasteiger partial charge in [-0.15, -0.1) is 0 Å². The zero-order valence-corrected chi connectivity index (χ0v) is 9.42. The van der Waals surface area contributed by atoms with Gasteiger partial charge in [-0.25, -0.2) is 4.98 Å². The van der Waals surface area contributed by atoms with E-state index < -0.39 is 11.7 Å². The Bertz CT molecular complexity index is 555. The van der Waals surface area contributed by atoms with Gasteiger partial charge in [0.2, 0.25) is 0 Å². The van der Waals surface area contributed by atoms with Gasteiger partial charge in [0.15, 0.2) is 0 Å². The van der Waals surface area contributed by atoms with Gasteiger partial charge in [-0.05, 0) is 18.1 Å². The third kappa shape index (κ3) is 1.94. The molecule has 2 N–H and O–H groups in total. The number of pyridine rings is 1. The van der Waals surface area contributed by atoms with E-state index >= 15 is 0 Å². The average molecular weight is 243 g/mol. The topological polar surface area (TPSA) is 43.3 Å². The summed E-state index contributed by atoms with van der Waals surface area (Å²) in [6, 6.07) is 2.00. The standard InChI is InChI=1S/C11H12F3N3/c1-6(2)9-10(15)17-4-3-7(11(12,13)14)5-8(17)16-9/h3-6H,15H2,1-2H3. The average Bonchev–Trinajstić information content (AvgIpc) is 2.54. The highest BCUT2D eigenvalue weighted by molar-refractivity contribution is 5.55. The lowest BCUT2D eigenvalue weighted by Gasteiger charge is -2.06. The Morgan fingerprint density at radius 3 is 2.53 bits per heavy atom. The van der Waals surface area contributed by atoms with Crippen molar-refractivity contribution in [2.45, 2.75) is 25.9 Å². The molecular weight excluding hydrogens is 231 g/mol. The number of alkyl halides is 3. The zero-order chi connectivity index (χ0) is 12.8. The highest BCUT2D eigenvalue weighted by Crippen LogP contribution is 2.31. The van der Waals surface area contributed by atoms with Crippen molar-refractivity contribution in [1.29, 1.82) is 0 Å². The molecule has 6 heteroatoms. The maximum Gasteiger partial charge on any atom is 0.416 e. The fraction of sp³-hybridized carbons (Fsp3) is 0.364. The number of nitrogens with zero attached hydrogens (tertiary/aromatic N) is 2. The van der Waals surface area contributed by atoms with E-state index in [-0.39, 0.29) is 11.6 Å². The molecular formula is C11H12F3N3. The van der Waals surface area contributed by atoms with Gasteiger partial charge in [0, 0.05) is 6.20 Å². The summed E-state index contributed by atoms with van der Waals surface area (Å²) < 4.78 is 39.0. The first-order valence-electron chi connectivity index (χ1n) is 5.15. The van der Waals surface area contributed by atoms with E-state index in [1.807, 2.05) is 13.8 Å². The van der Waals surface area contributed by atoms with Crippen LogP contribution in [0.4, 0.5) is 19.0 Å². The number of hydrogen-bond donors (Lipinski definition) is 1. The molecule has 0 amide bonds. The first kappa shape index (κ1) is 11.8. The van der Waals surface area contributed by atoms with E-state index in [1.54, 1.807) is 0 Å². The number of nitrogen functional groups attached to an aromatic ring is 1. The first-order valence-corrected chi connectivity index (χ1v) is 5.15. The summed E-state index contributed by atoms with van der Waals surface area (Å²) in [4.78, 5) is 4.12. The molecule has 92 valence electrons. The van der Waals surface area contributed by atoms with Crippen LogP contribution in [0, 0.1) is 0 Å². The molecule has 0 fully saturated rings. The van der Waals surface area contributed by atoms with Crippen LogP contribution in [0.2, 0.25) is 0 Å². The zero-order valence-electron chi connectivity index (χ0n) is 9.42. The molecule has 2 heterocycles. The lowest BCUT2D eigenvalue weighted by Crippen LogP contribution is -2.05. The molecule has 2 aromatic heterocycles. The molecule has 0 spiro atoms. The summed E-state index contributed by atoms with van der Waals surface area (Å²) in [6.45, 7) is 3.78. The van der Waals surface area contributed by atoms with Crippen molar-refractivity contribution in [2.24, 2.45) is 0 Å². The van der Waals surface area contributed by atoms with Gasteiger partial charge in [0.1, 0.15) is 11.5 Å². The van der Waals surface area contributed by atoms with Crippen molar-refractivity contribution in [1.82, 2.24) is 9.38 Å². The van der Waals surface area contributed by atoms with Crippen LogP contribution in [-0.4, -0.2) is 9.38 Å². The lowest BCUT2D eigenvalue weighted by molar-refractivity contribution is -0.137. The molecule has 0 saturated heterocycles. The van der Waals surface area contributed by atoms with Gasteiger partial charge < -0.3 is 5.73 Å². The maximum atomic E-state index is 12.5. The van der Waals surface area contributed by atoms with E-state index in [4.69, 9.17) is 5.73 Å². The second-order valence-corrected chi connectivity index (χ2v) is 4.18. The van der Waals surface area contributed by atoms with E-state index in [9.17, 15) is 13.2 Å². The fourth-order valence-electron chi connectivity index (χ4n) is 1.68. The largest absolute Gasteiger partial charge is 0.416 e. The molecule has 0 radical (unpaired) electrons. The summed E-state index contributed by atoms with van der Waals surface area (Å²) in [5.41, 5.74) is 5.94.